The lowest BCUT2D eigenvalue weighted by Gasteiger charge is -2.38. The van der Waals surface area contributed by atoms with E-state index in [2.05, 4.69) is 13.8 Å². The van der Waals surface area contributed by atoms with Gasteiger partial charge >= 0.3 is 11.9 Å². The fourth-order valence-electron chi connectivity index (χ4n) is 9.16. The smallest absolute Gasteiger partial charge is 0.338 e. The fraction of sp³-hybridized carbons (Fsp3) is 0.750. The first-order chi connectivity index (χ1) is 33.4. The van der Waals surface area contributed by atoms with Gasteiger partial charge in [0.2, 0.25) is 0 Å². The Morgan fingerprint density at radius 3 is 1.30 bits per heavy atom. The molecule has 3 rings (SSSR count). The van der Waals surface area contributed by atoms with E-state index >= 15 is 0 Å². The molecule has 0 aliphatic carbocycles. The maximum absolute atomic E-state index is 13.6. The van der Waals surface area contributed by atoms with Crippen LogP contribution in [0.5, 0.6) is 0 Å². The molecule has 0 unspecified atom stereocenters. The van der Waals surface area contributed by atoms with E-state index in [1.807, 2.05) is 0 Å². The highest BCUT2D eigenvalue weighted by Crippen LogP contribution is 2.27. The average molecular weight is 1010 g/mol. The summed E-state index contributed by atoms with van der Waals surface area (Å²) in [7, 11) is -7.29. The summed E-state index contributed by atoms with van der Waals surface area (Å²) >= 11 is 0. The molecule has 0 radical (unpaired) electrons. The van der Waals surface area contributed by atoms with Crippen molar-refractivity contribution in [2.75, 3.05) is 36.2 Å². The van der Waals surface area contributed by atoms with Gasteiger partial charge in [-0.2, -0.15) is 0 Å². The maximum Gasteiger partial charge on any atom is 0.338 e. The van der Waals surface area contributed by atoms with Crippen LogP contribution in [0.2, 0.25) is 0 Å². The van der Waals surface area contributed by atoms with E-state index in [9.17, 15) is 31.5 Å². The SMILES string of the molecule is CCCCCCCCCCCCCCCCS(=O)(=O)CC(CO[C@H]1C[C@@H](OC(=O)c2ccccc2)[C@H](O)[C@@H](COC(=O)c2ccccc2)O1)CS(=O)(=O)CCCCCCCCCCCCCCCC. The Labute approximate surface area is 418 Å². The highest BCUT2D eigenvalue weighted by molar-refractivity contribution is 7.92. The molecule has 0 aromatic heterocycles. The van der Waals surface area contributed by atoms with Gasteiger partial charge in [-0.1, -0.05) is 217 Å². The number of ether oxygens (including phenoxy) is 4. The fourth-order valence-corrected chi connectivity index (χ4v) is 12.8. The van der Waals surface area contributed by atoms with Crippen molar-refractivity contribution in [3.8, 4) is 0 Å². The highest BCUT2D eigenvalue weighted by Gasteiger charge is 2.42. The van der Waals surface area contributed by atoms with E-state index in [1.54, 1.807) is 60.7 Å². The third kappa shape index (κ3) is 28.7. The van der Waals surface area contributed by atoms with Crippen LogP contribution < -0.4 is 0 Å². The Morgan fingerprint density at radius 2 is 0.913 bits per heavy atom. The van der Waals surface area contributed by atoms with Crippen molar-refractivity contribution in [3.63, 3.8) is 0 Å². The van der Waals surface area contributed by atoms with E-state index in [0.29, 0.717) is 18.4 Å². The molecule has 0 saturated carbocycles. The summed E-state index contributed by atoms with van der Waals surface area (Å²) in [6.45, 7) is 3.83. The Kier molecular flexibility index (Phi) is 32.4. The molecule has 1 aliphatic rings. The highest BCUT2D eigenvalue weighted by atomic mass is 32.2. The third-order valence-corrected chi connectivity index (χ3v) is 17.1. The molecule has 2 aromatic rings. The topological polar surface area (TPSA) is 160 Å². The zero-order valence-electron chi connectivity index (χ0n) is 42.8. The standard InChI is InChI=1S/C56H92O11S2/c1-3-5-7-9-11-13-15-17-19-21-23-25-27-35-41-68(60,61)46-48(47-69(62,63)42-36-28-26-24-22-20-18-16-14-12-10-8-6-4-2)44-64-53-43-51(67-56(59)50-39-33-30-34-40-50)54(57)52(66-53)45-65-55(58)49-37-31-29-32-38-49/h29-34,37-40,48,51-54,57H,3-28,35-36,41-47H2,1-2H3/t51-,52-,53-,54+/m1/s1. The Morgan fingerprint density at radius 1 is 0.551 bits per heavy atom. The van der Waals surface area contributed by atoms with Crippen molar-refractivity contribution in [1.29, 1.82) is 0 Å². The zero-order chi connectivity index (χ0) is 49.8. The molecule has 1 fully saturated rings. The van der Waals surface area contributed by atoms with E-state index in [0.717, 1.165) is 51.4 Å². The summed E-state index contributed by atoms with van der Waals surface area (Å²) in [6, 6.07) is 16.7. The minimum atomic E-state index is -3.65. The van der Waals surface area contributed by atoms with Crippen molar-refractivity contribution in [3.05, 3.63) is 71.8 Å². The van der Waals surface area contributed by atoms with Gasteiger partial charge < -0.3 is 24.1 Å². The lowest BCUT2D eigenvalue weighted by Crippen LogP contribution is -2.53. The quantitative estimate of drug-likeness (QED) is 0.0498. The van der Waals surface area contributed by atoms with Crippen LogP contribution in [0.4, 0.5) is 0 Å². The number of benzene rings is 2. The number of aliphatic hydroxyl groups excluding tert-OH is 1. The van der Waals surface area contributed by atoms with Gasteiger partial charge in [-0.3, -0.25) is 0 Å². The molecule has 1 N–H and O–H groups in total. The lowest BCUT2D eigenvalue weighted by atomic mass is 10.0. The van der Waals surface area contributed by atoms with Crippen molar-refractivity contribution < 1.29 is 50.5 Å². The largest absolute Gasteiger partial charge is 0.459 e. The molecular weight excluding hydrogens is 913 g/mol. The molecule has 1 saturated heterocycles. The summed E-state index contributed by atoms with van der Waals surface area (Å²) in [5.74, 6) is -2.97. The van der Waals surface area contributed by atoms with E-state index in [-0.39, 0.29) is 41.6 Å². The average Bonchev–Trinajstić information content (AvgIpc) is 3.34. The third-order valence-electron chi connectivity index (χ3n) is 13.3. The summed E-state index contributed by atoms with van der Waals surface area (Å²) in [6.07, 6.45) is 27.4. The summed E-state index contributed by atoms with van der Waals surface area (Å²) < 4.78 is 78.1. The summed E-state index contributed by atoms with van der Waals surface area (Å²) in [5, 5.41) is 11.4. The lowest BCUT2D eigenvalue weighted by molar-refractivity contribution is -0.258. The van der Waals surface area contributed by atoms with Gasteiger partial charge in [0.15, 0.2) is 26.0 Å². The van der Waals surface area contributed by atoms with Crippen LogP contribution in [0.3, 0.4) is 0 Å². The van der Waals surface area contributed by atoms with Crippen LogP contribution in [0, 0.1) is 5.92 Å². The molecule has 0 amide bonds. The van der Waals surface area contributed by atoms with Crippen molar-refractivity contribution in [1.82, 2.24) is 0 Å². The van der Waals surface area contributed by atoms with E-state index in [1.165, 1.54) is 116 Å². The van der Waals surface area contributed by atoms with Gasteiger partial charge in [-0.15, -0.1) is 0 Å². The second-order valence-electron chi connectivity index (χ2n) is 19.7. The molecule has 13 heteroatoms. The summed E-state index contributed by atoms with van der Waals surface area (Å²) in [5.41, 5.74) is 0.574. The Bertz CT molecular complexity index is 1760. The second-order valence-corrected chi connectivity index (χ2v) is 24.2. The first kappa shape index (κ1) is 60.5. The van der Waals surface area contributed by atoms with Crippen LogP contribution >= 0.6 is 0 Å². The predicted octanol–water partition coefficient (Wildman–Crippen LogP) is 13.0. The van der Waals surface area contributed by atoms with E-state index in [4.69, 9.17) is 18.9 Å². The van der Waals surface area contributed by atoms with Crippen LogP contribution in [0.15, 0.2) is 60.7 Å². The molecule has 394 valence electrons. The number of hydrogen-bond donors (Lipinski definition) is 1. The normalized spacial score (nSPS) is 17.6. The monoisotopic (exact) mass is 1000 g/mol. The number of aliphatic hydroxyl groups is 1. The number of hydrogen-bond acceptors (Lipinski definition) is 11. The zero-order valence-corrected chi connectivity index (χ0v) is 44.4. The van der Waals surface area contributed by atoms with Gasteiger partial charge in [0.25, 0.3) is 0 Å². The van der Waals surface area contributed by atoms with Crippen LogP contribution in [-0.2, 0) is 38.6 Å². The van der Waals surface area contributed by atoms with Crippen LogP contribution in [0.25, 0.3) is 0 Å². The number of carbonyl (C=O) groups excluding carboxylic acids is 2. The molecule has 1 heterocycles. The Balaban J connectivity index is 1.57. The number of unbranched alkanes of at least 4 members (excludes halogenated alkanes) is 26. The number of esters is 2. The van der Waals surface area contributed by atoms with Crippen LogP contribution in [-0.4, -0.2) is 94.7 Å². The predicted molar refractivity (Wildman–Crippen MR) is 279 cm³/mol. The van der Waals surface area contributed by atoms with Crippen LogP contribution in [0.1, 0.15) is 221 Å². The molecular formula is C56H92O11S2. The first-order valence-corrected chi connectivity index (χ1v) is 30.9. The number of rotatable bonds is 42. The van der Waals surface area contributed by atoms with E-state index < -0.39 is 68.7 Å². The maximum atomic E-state index is 13.6. The Hall–Kier alpha value is -2.84. The molecule has 1 aliphatic heterocycles. The number of carbonyl (C=O) groups is 2. The van der Waals surface area contributed by atoms with Crippen molar-refractivity contribution in [2.45, 2.75) is 225 Å². The van der Waals surface area contributed by atoms with Gasteiger partial charge in [-0.05, 0) is 37.1 Å². The molecule has 69 heavy (non-hydrogen) atoms. The first-order valence-electron chi connectivity index (χ1n) is 27.3. The van der Waals surface area contributed by atoms with Crippen molar-refractivity contribution >= 4 is 31.6 Å². The number of sulfone groups is 2. The van der Waals surface area contributed by atoms with Gasteiger partial charge in [0, 0.05) is 12.3 Å². The molecule has 4 atom stereocenters. The second kappa shape index (κ2) is 37.0. The van der Waals surface area contributed by atoms with Gasteiger partial charge in [-0.25, -0.2) is 26.4 Å². The molecule has 0 bridgehead atoms. The molecule has 11 nitrogen and oxygen atoms in total. The van der Waals surface area contributed by atoms with Gasteiger partial charge in [0.1, 0.15) is 24.9 Å². The summed E-state index contributed by atoms with van der Waals surface area (Å²) in [4.78, 5) is 26.0. The molecule has 0 spiro atoms. The van der Waals surface area contributed by atoms with Crippen molar-refractivity contribution in [2.24, 2.45) is 5.92 Å². The molecule has 2 aromatic carbocycles. The minimum Gasteiger partial charge on any atom is -0.459 e. The van der Waals surface area contributed by atoms with Gasteiger partial charge in [0.05, 0.1) is 40.7 Å². The minimum absolute atomic E-state index is 0.0287.